The van der Waals surface area contributed by atoms with Crippen LogP contribution in [0.1, 0.15) is 81.1 Å². The van der Waals surface area contributed by atoms with Crippen LogP contribution in [0.3, 0.4) is 0 Å². The molecule has 6 fully saturated rings. The van der Waals surface area contributed by atoms with Crippen LogP contribution in [0.2, 0.25) is 0 Å². The van der Waals surface area contributed by atoms with E-state index in [1.54, 1.807) is 0 Å². The summed E-state index contributed by atoms with van der Waals surface area (Å²) in [5.41, 5.74) is 0.454. The number of rotatable bonds is 2. The Kier molecular flexibility index (Phi) is 5.62. The molecule has 2 atom stereocenters. The second-order valence-electron chi connectivity index (χ2n) is 15.6. The summed E-state index contributed by atoms with van der Waals surface area (Å²) in [6.07, 6.45) is 4.56. The molecule has 0 spiro atoms. The quantitative estimate of drug-likeness (QED) is 0.545. The van der Waals surface area contributed by atoms with Crippen LogP contribution < -0.4 is 0 Å². The molecule has 6 heterocycles. The average Bonchev–Trinajstić information content (AvgIpc) is 3.26. The SMILES string of the molecule is C=C1N2CN(C3CC(C)(C)N(C)C(C)(C)C3)CN3C(=O)N4CN(C5CC(C)(C)N(C)C(C)(C)C5)CN1C4C23. The Balaban J connectivity index is 1.24. The number of likely N-dealkylation sites (tertiary alicyclic amines) is 2. The van der Waals surface area contributed by atoms with Gasteiger partial charge < -0.3 is 9.80 Å². The summed E-state index contributed by atoms with van der Waals surface area (Å²) in [4.78, 5) is 33.3. The smallest absolute Gasteiger partial charge is 0.321 e. The lowest BCUT2D eigenvalue weighted by molar-refractivity contribution is -0.0975. The summed E-state index contributed by atoms with van der Waals surface area (Å²) in [7, 11) is 4.53. The molecule has 6 aliphatic rings. The van der Waals surface area contributed by atoms with Crippen molar-refractivity contribution in [3.05, 3.63) is 12.4 Å². The third-order valence-corrected chi connectivity index (χ3v) is 11.6. The first-order valence-electron chi connectivity index (χ1n) is 14.7. The molecule has 2 unspecified atom stereocenters. The van der Waals surface area contributed by atoms with Crippen LogP contribution in [-0.2, 0) is 0 Å². The highest BCUT2D eigenvalue weighted by Gasteiger charge is 2.62. The molecule has 0 radical (unpaired) electrons. The van der Waals surface area contributed by atoms with Crippen molar-refractivity contribution in [2.24, 2.45) is 0 Å². The number of urea groups is 1. The van der Waals surface area contributed by atoms with E-state index < -0.39 is 0 Å². The summed E-state index contributed by atoms with van der Waals surface area (Å²) in [6, 6.07) is 1.06. The monoisotopic (exact) mass is 528 g/mol. The molecule has 6 saturated heterocycles. The van der Waals surface area contributed by atoms with Crippen molar-refractivity contribution < 1.29 is 4.79 Å². The van der Waals surface area contributed by atoms with Gasteiger partial charge >= 0.3 is 6.03 Å². The Labute approximate surface area is 230 Å². The van der Waals surface area contributed by atoms with E-state index >= 15 is 0 Å². The minimum absolute atomic E-state index is 0.0751. The normalized spacial score (nSPS) is 35.9. The second-order valence-corrected chi connectivity index (χ2v) is 15.6. The highest BCUT2D eigenvalue weighted by Crippen LogP contribution is 2.47. The summed E-state index contributed by atoms with van der Waals surface area (Å²) < 4.78 is 0. The van der Waals surface area contributed by atoms with E-state index in [0.29, 0.717) is 25.4 Å². The van der Waals surface area contributed by atoms with Crippen molar-refractivity contribution in [3.63, 3.8) is 0 Å². The Morgan fingerprint density at radius 1 is 0.579 bits per heavy atom. The van der Waals surface area contributed by atoms with Crippen molar-refractivity contribution in [3.8, 4) is 0 Å². The number of carbonyl (C=O) groups is 1. The van der Waals surface area contributed by atoms with E-state index in [1.807, 2.05) is 0 Å². The number of carbonyl (C=O) groups excluding carboxylic acids is 1. The van der Waals surface area contributed by atoms with E-state index in [1.165, 1.54) is 0 Å². The molecule has 0 bridgehead atoms. The van der Waals surface area contributed by atoms with E-state index in [4.69, 9.17) is 0 Å². The maximum atomic E-state index is 14.0. The van der Waals surface area contributed by atoms with Crippen LogP contribution in [0.25, 0.3) is 0 Å². The third-order valence-electron chi connectivity index (χ3n) is 11.6. The molecule has 0 aromatic rings. The van der Waals surface area contributed by atoms with Crippen molar-refractivity contribution in [2.45, 2.75) is 128 Å². The van der Waals surface area contributed by atoms with Gasteiger partial charge in [-0.3, -0.25) is 29.4 Å². The number of nitrogens with zero attached hydrogens (tertiary/aromatic N) is 8. The predicted octanol–water partition coefficient (Wildman–Crippen LogP) is 3.23. The Morgan fingerprint density at radius 2 is 0.868 bits per heavy atom. The van der Waals surface area contributed by atoms with Crippen LogP contribution in [0.4, 0.5) is 4.79 Å². The molecule has 38 heavy (non-hydrogen) atoms. The molecule has 0 aliphatic carbocycles. The fourth-order valence-corrected chi connectivity index (χ4v) is 8.95. The Bertz CT molecular complexity index is 874. The fraction of sp³-hybridized carbons (Fsp3) is 0.897. The topological polar surface area (TPSA) is 43.0 Å². The standard InChI is InChI=1S/C29H52N8O/c1-20-34-16-32(21-12-26(2,3)30(10)27(4,5)13-21)18-36-23(34)24-35(20)17-33(19-37(24)25(36)38)22-14-28(6,7)31(11)29(8,9)15-22/h21-24H,1,12-19H2,2-11H3. The van der Waals surface area contributed by atoms with Gasteiger partial charge in [-0.1, -0.05) is 6.58 Å². The maximum absolute atomic E-state index is 14.0. The van der Waals surface area contributed by atoms with Gasteiger partial charge in [-0.2, -0.15) is 0 Å². The first-order valence-corrected chi connectivity index (χ1v) is 14.7. The molecule has 9 heteroatoms. The number of amides is 2. The summed E-state index contributed by atoms with van der Waals surface area (Å²) in [5.74, 6) is 1.08. The minimum Gasteiger partial charge on any atom is -0.321 e. The number of hydrogen-bond donors (Lipinski definition) is 0. The first-order chi connectivity index (χ1) is 17.4. The van der Waals surface area contributed by atoms with Gasteiger partial charge in [-0.05, 0) is 95.2 Å². The summed E-state index contributed by atoms with van der Waals surface area (Å²) in [6.45, 7) is 26.6. The maximum Gasteiger partial charge on any atom is 0.325 e. The number of hydrogen-bond acceptors (Lipinski definition) is 7. The zero-order valence-electron chi connectivity index (χ0n) is 25.7. The Hall–Kier alpha value is -1.55. The van der Waals surface area contributed by atoms with Gasteiger partial charge in [0.05, 0.1) is 26.7 Å². The molecule has 0 aromatic carbocycles. The highest BCUT2D eigenvalue weighted by atomic mass is 16.2. The van der Waals surface area contributed by atoms with Crippen LogP contribution in [0.15, 0.2) is 12.4 Å². The molecular formula is C29H52N8O. The van der Waals surface area contributed by atoms with Gasteiger partial charge in [-0.25, -0.2) is 4.79 Å². The molecular weight excluding hydrogens is 476 g/mol. The van der Waals surface area contributed by atoms with E-state index in [-0.39, 0.29) is 40.5 Å². The van der Waals surface area contributed by atoms with Gasteiger partial charge in [0.25, 0.3) is 0 Å². The molecule has 9 nitrogen and oxygen atoms in total. The lowest BCUT2D eigenvalue weighted by Crippen LogP contribution is -2.67. The van der Waals surface area contributed by atoms with Gasteiger partial charge in [0.2, 0.25) is 0 Å². The summed E-state index contributed by atoms with van der Waals surface area (Å²) in [5, 5.41) is 0. The zero-order chi connectivity index (χ0) is 27.7. The highest BCUT2D eigenvalue weighted by molar-refractivity contribution is 5.78. The van der Waals surface area contributed by atoms with E-state index in [0.717, 1.165) is 44.8 Å². The molecule has 6 rings (SSSR count). The zero-order valence-corrected chi connectivity index (χ0v) is 25.7. The van der Waals surface area contributed by atoms with Crippen molar-refractivity contribution in [1.29, 1.82) is 0 Å². The first kappa shape index (κ1) is 26.7. The van der Waals surface area contributed by atoms with Gasteiger partial charge in [-0.15, -0.1) is 0 Å². The van der Waals surface area contributed by atoms with Crippen molar-refractivity contribution in [2.75, 3.05) is 40.8 Å². The largest absolute Gasteiger partial charge is 0.325 e. The van der Waals surface area contributed by atoms with Crippen molar-refractivity contribution in [1.82, 2.24) is 39.2 Å². The molecule has 214 valence electrons. The lowest BCUT2D eigenvalue weighted by atomic mass is 9.77. The van der Waals surface area contributed by atoms with Crippen LogP contribution in [-0.4, -0.2) is 133 Å². The fourth-order valence-electron chi connectivity index (χ4n) is 8.95. The summed E-state index contributed by atoms with van der Waals surface area (Å²) >= 11 is 0. The van der Waals surface area contributed by atoms with Gasteiger partial charge in [0.15, 0.2) is 0 Å². The minimum atomic E-state index is 0.0751. The average molecular weight is 529 g/mol. The molecule has 0 saturated carbocycles. The number of piperidine rings is 2. The Morgan fingerprint density at radius 3 is 1.18 bits per heavy atom. The van der Waals surface area contributed by atoms with E-state index in [2.05, 4.69) is 115 Å². The third kappa shape index (κ3) is 3.67. The molecule has 0 aromatic heterocycles. The van der Waals surface area contributed by atoms with E-state index in [9.17, 15) is 4.79 Å². The molecule has 0 N–H and O–H groups in total. The predicted molar refractivity (Wildman–Crippen MR) is 150 cm³/mol. The lowest BCUT2D eigenvalue weighted by Gasteiger charge is -2.57. The van der Waals surface area contributed by atoms with Crippen LogP contribution in [0.5, 0.6) is 0 Å². The second kappa shape index (κ2) is 8.02. The molecule has 2 amide bonds. The van der Waals surface area contributed by atoms with Gasteiger partial charge in [0, 0.05) is 34.2 Å². The van der Waals surface area contributed by atoms with Gasteiger partial charge in [0.1, 0.15) is 18.2 Å². The molecule has 6 aliphatic heterocycles. The van der Waals surface area contributed by atoms with Crippen molar-refractivity contribution >= 4 is 6.03 Å². The van der Waals surface area contributed by atoms with Crippen LogP contribution >= 0.6 is 0 Å². The van der Waals surface area contributed by atoms with Crippen LogP contribution in [0, 0.1) is 0 Å².